The van der Waals surface area contributed by atoms with E-state index in [1.807, 2.05) is 6.07 Å². The van der Waals surface area contributed by atoms with Crippen LogP contribution in [0.1, 0.15) is 12.5 Å². The van der Waals surface area contributed by atoms with Gasteiger partial charge >= 0.3 is 0 Å². The third kappa shape index (κ3) is 2.01. The van der Waals surface area contributed by atoms with Crippen molar-refractivity contribution in [3.05, 3.63) is 39.4 Å². The van der Waals surface area contributed by atoms with Crippen molar-refractivity contribution in [3.63, 3.8) is 0 Å². The molecule has 0 fully saturated rings. The first kappa shape index (κ1) is 10.9. The summed E-state index contributed by atoms with van der Waals surface area (Å²) in [6, 6.07) is 7.04. The number of hydrogen-bond donors (Lipinski definition) is 1. The number of benzene rings is 1. The predicted octanol–water partition coefficient (Wildman–Crippen LogP) is 3.21. The highest BCUT2D eigenvalue weighted by molar-refractivity contribution is 6.37. The molecule has 72 valence electrons. The molecule has 2 N–H and O–H groups in total. The van der Waals surface area contributed by atoms with E-state index in [0.717, 1.165) is 0 Å². The summed E-state index contributed by atoms with van der Waals surface area (Å²) in [6.07, 6.45) is 0. The smallest absolute Gasteiger partial charge is 0.0965 e. The normalized spacial score (nSPS) is 11.9. The van der Waals surface area contributed by atoms with Crippen molar-refractivity contribution in [2.24, 2.45) is 5.73 Å². The molecular formula is C10H8Cl2N2. The van der Waals surface area contributed by atoms with Gasteiger partial charge in [-0.05, 0) is 19.1 Å². The molecule has 1 aromatic carbocycles. The molecule has 4 heteroatoms. The molecular weight excluding hydrogens is 219 g/mol. The van der Waals surface area contributed by atoms with E-state index < -0.39 is 0 Å². The molecule has 0 aliphatic carbocycles. The Morgan fingerprint density at radius 2 is 1.86 bits per heavy atom. The second-order valence-electron chi connectivity index (χ2n) is 2.75. The van der Waals surface area contributed by atoms with Crippen molar-refractivity contribution < 1.29 is 0 Å². The Kier molecular flexibility index (Phi) is 3.40. The third-order valence-electron chi connectivity index (χ3n) is 1.80. The van der Waals surface area contributed by atoms with Crippen LogP contribution in [0, 0.1) is 11.3 Å². The second-order valence-corrected chi connectivity index (χ2v) is 3.56. The first-order valence-electron chi connectivity index (χ1n) is 3.88. The van der Waals surface area contributed by atoms with Crippen molar-refractivity contribution in [1.29, 1.82) is 5.26 Å². The lowest BCUT2D eigenvalue weighted by Crippen LogP contribution is -2.00. The van der Waals surface area contributed by atoms with Crippen LogP contribution in [-0.2, 0) is 0 Å². The molecule has 1 rings (SSSR count). The first-order chi connectivity index (χ1) is 6.57. The number of rotatable bonds is 1. The minimum absolute atomic E-state index is 0.322. The highest BCUT2D eigenvalue weighted by Gasteiger charge is 2.10. The lowest BCUT2D eigenvalue weighted by atomic mass is 10.1. The Balaban J connectivity index is 3.42. The van der Waals surface area contributed by atoms with E-state index in [-0.39, 0.29) is 0 Å². The van der Waals surface area contributed by atoms with E-state index in [4.69, 9.17) is 34.2 Å². The number of nitrogens with two attached hydrogens (primary N) is 1. The molecule has 0 saturated heterocycles. The zero-order valence-corrected chi connectivity index (χ0v) is 9.02. The highest BCUT2D eigenvalue weighted by atomic mass is 35.5. The molecule has 2 nitrogen and oxygen atoms in total. The largest absolute Gasteiger partial charge is 0.397 e. The van der Waals surface area contributed by atoms with Gasteiger partial charge in [-0.3, -0.25) is 0 Å². The average molecular weight is 227 g/mol. The fourth-order valence-electron chi connectivity index (χ4n) is 1.00. The van der Waals surface area contributed by atoms with Gasteiger partial charge in [-0.25, -0.2) is 0 Å². The van der Waals surface area contributed by atoms with Crippen molar-refractivity contribution >= 4 is 28.9 Å². The van der Waals surface area contributed by atoms with Gasteiger partial charge in [0.15, 0.2) is 0 Å². The summed E-state index contributed by atoms with van der Waals surface area (Å²) in [5.41, 5.74) is 6.99. The van der Waals surface area contributed by atoms with Gasteiger partial charge in [0.2, 0.25) is 0 Å². The molecule has 0 spiro atoms. The maximum atomic E-state index is 8.67. The van der Waals surface area contributed by atoms with Gasteiger partial charge in [0, 0.05) is 5.56 Å². The van der Waals surface area contributed by atoms with E-state index in [2.05, 4.69) is 0 Å². The van der Waals surface area contributed by atoms with Gasteiger partial charge in [-0.2, -0.15) is 5.26 Å². The third-order valence-corrected chi connectivity index (χ3v) is 2.43. The number of halogens is 2. The van der Waals surface area contributed by atoms with Crippen LogP contribution in [-0.4, -0.2) is 0 Å². The molecule has 0 aliphatic heterocycles. The standard InChI is InChI=1S/C10H8Cl2N2/c1-6(5-13)10(14)9-7(11)3-2-4-8(9)12/h2-4H,14H2,1H3/b10-6+. The van der Waals surface area contributed by atoms with Crippen molar-refractivity contribution in [1.82, 2.24) is 0 Å². The fourth-order valence-corrected chi connectivity index (χ4v) is 1.60. The highest BCUT2D eigenvalue weighted by Crippen LogP contribution is 2.29. The van der Waals surface area contributed by atoms with E-state index in [1.165, 1.54) is 0 Å². The Bertz CT molecular complexity index is 410. The van der Waals surface area contributed by atoms with Gasteiger partial charge in [-0.1, -0.05) is 29.3 Å². The van der Waals surface area contributed by atoms with Crippen LogP contribution >= 0.6 is 23.2 Å². The topological polar surface area (TPSA) is 49.8 Å². The quantitative estimate of drug-likeness (QED) is 0.749. The lowest BCUT2D eigenvalue weighted by molar-refractivity contribution is 1.39. The summed E-state index contributed by atoms with van der Waals surface area (Å²) in [5.74, 6) is 0. The summed E-state index contributed by atoms with van der Waals surface area (Å²) >= 11 is 11.8. The van der Waals surface area contributed by atoms with Crippen LogP contribution in [0.4, 0.5) is 0 Å². The summed E-state index contributed by atoms with van der Waals surface area (Å²) in [5, 5.41) is 9.57. The minimum Gasteiger partial charge on any atom is -0.397 e. The molecule has 1 aromatic rings. The zero-order valence-electron chi connectivity index (χ0n) is 7.51. The Morgan fingerprint density at radius 1 is 1.36 bits per heavy atom. The number of allylic oxidation sites excluding steroid dienone is 1. The van der Waals surface area contributed by atoms with Crippen LogP contribution in [0.15, 0.2) is 23.8 Å². The van der Waals surface area contributed by atoms with Crippen LogP contribution in [0.5, 0.6) is 0 Å². The minimum atomic E-state index is 0.322. The Hall–Kier alpha value is -1.17. The second kappa shape index (κ2) is 4.36. The molecule has 0 radical (unpaired) electrons. The van der Waals surface area contributed by atoms with Gasteiger partial charge in [-0.15, -0.1) is 0 Å². The lowest BCUT2D eigenvalue weighted by Gasteiger charge is -2.07. The van der Waals surface area contributed by atoms with Gasteiger partial charge in [0.1, 0.15) is 0 Å². The van der Waals surface area contributed by atoms with Crippen LogP contribution < -0.4 is 5.73 Å². The maximum absolute atomic E-state index is 8.67. The van der Waals surface area contributed by atoms with Gasteiger partial charge < -0.3 is 5.73 Å². The molecule has 0 aromatic heterocycles. The van der Waals surface area contributed by atoms with Crippen molar-refractivity contribution in [2.75, 3.05) is 0 Å². The fraction of sp³-hybridized carbons (Fsp3) is 0.100. The van der Waals surface area contributed by atoms with Crippen molar-refractivity contribution in [3.8, 4) is 6.07 Å². The van der Waals surface area contributed by atoms with Crippen molar-refractivity contribution in [2.45, 2.75) is 6.92 Å². The first-order valence-corrected chi connectivity index (χ1v) is 4.64. The van der Waals surface area contributed by atoms with E-state index >= 15 is 0 Å². The molecule has 0 saturated carbocycles. The Labute approximate surface area is 92.5 Å². The molecule has 0 unspecified atom stereocenters. The van der Waals surface area contributed by atoms with E-state index in [1.54, 1.807) is 25.1 Å². The number of nitrogens with zero attached hydrogens (tertiary/aromatic N) is 1. The zero-order chi connectivity index (χ0) is 10.7. The van der Waals surface area contributed by atoms with Crippen LogP contribution in [0.3, 0.4) is 0 Å². The van der Waals surface area contributed by atoms with E-state index in [9.17, 15) is 0 Å². The van der Waals surface area contributed by atoms with Crippen LogP contribution in [0.25, 0.3) is 5.70 Å². The van der Waals surface area contributed by atoms with E-state index in [0.29, 0.717) is 26.9 Å². The van der Waals surface area contributed by atoms with Gasteiger partial charge in [0.05, 0.1) is 27.4 Å². The van der Waals surface area contributed by atoms with Crippen LogP contribution in [0.2, 0.25) is 10.0 Å². The SMILES string of the molecule is C/C(C#N)=C(\N)c1c(Cl)cccc1Cl. The monoisotopic (exact) mass is 226 g/mol. The average Bonchev–Trinajstić information content (AvgIpc) is 2.16. The molecule has 0 heterocycles. The molecule has 0 amide bonds. The Morgan fingerprint density at radius 3 is 2.29 bits per heavy atom. The summed E-state index contributed by atoms with van der Waals surface area (Å²) in [7, 11) is 0. The molecule has 0 atom stereocenters. The number of nitriles is 1. The summed E-state index contributed by atoms with van der Waals surface area (Å²) in [6.45, 7) is 1.62. The van der Waals surface area contributed by atoms with Gasteiger partial charge in [0.25, 0.3) is 0 Å². The molecule has 0 aliphatic rings. The maximum Gasteiger partial charge on any atom is 0.0965 e. The number of hydrogen-bond acceptors (Lipinski definition) is 2. The molecule has 0 bridgehead atoms. The summed E-state index contributed by atoms with van der Waals surface area (Å²) < 4.78 is 0. The summed E-state index contributed by atoms with van der Waals surface area (Å²) in [4.78, 5) is 0. The molecule has 14 heavy (non-hydrogen) atoms. The predicted molar refractivity (Wildman–Crippen MR) is 58.9 cm³/mol.